The second-order valence-electron chi connectivity index (χ2n) is 2.83. The zero-order valence-electron chi connectivity index (χ0n) is 7.62. The van der Waals surface area contributed by atoms with Gasteiger partial charge in [-0.2, -0.15) is 0 Å². The van der Waals surface area contributed by atoms with Gasteiger partial charge in [0.05, 0.1) is 0 Å². The van der Waals surface area contributed by atoms with E-state index in [1.54, 1.807) is 17.5 Å². The molecule has 2 N–H and O–H groups in total. The van der Waals surface area contributed by atoms with Crippen molar-refractivity contribution in [2.75, 3.05) is 7.05 Å². The van der Waals surface area contributed by atoms with Crippen LogP contribution in [-0.4, -0.2) is 17.0 Å². The van der Waals surface area contributed by atoms with Gasteiger partial charge >= 0.3 is 0 Å². The molecule has 2 heterocycles. The molecule has 0 radical (unpaired) electrons. The van der Waals surface area contributed by atoms with Crippen LogP contribution in [0.3, 0.4) is 0 Å². The van der Waals surface area contributed by atoms with Crippen LogP contribution in [0.2, 0.25) is 0 Å². The van der Waals surface area contributed by atoms with Gasteiger partial charge in [-0.1, -0.05) is 0 Å². The smallest absolute Gasteiger partial charge is 0.128 e. The molecule has 14 heavy (non-hydrogen) atoms. The van der Waals surface area contributed by atoms with Gasteiger partial charge in [-0.25, -0.2) is 4.98 Å². The summed E-state index contributed by atoms with van der Waals surface area (Å²) in [5.74, 6) is 0.940. The topological polar surface area (TPSA) is 40.7 Å². The first-order valence-electron chi connectivity index (χ1n) is 4.22. The summed E-state index contributed by atoms with van der Waals surface area (Å²) in [4.78, 5) is 8.61. The number of rotatable bonds is 3. The molecule has 74 valence electrons. The summed E-state index contributed by atoms with van der Waals surface area (Å²) in [5, 5.41) is 5.30. The van der Waals surface area contributed by atoms with Gasteiger partial charge in [0.1, 0.15) is 11.9 Å². The van der Waals surface area contributed by atoms with E-state index in [9.17, 15) is 0 Å². The molecule has 1 atom stereocenters. The Morgan fingerprint density at radius 2 is 2.50 bits per heavy atom. The van der Waals surface area contributed by atoms with Gasteiger partial charge in [0, 0.05) is 21.7 Å². The summed E-state index contributed by atoms with van der Waals surface area (Å²) < 4.78 is 1.12. The molecular weight excluding hydrogens is 262 g/mol. The molecule has 5 heteroatoms. The van der Waals surface area contributed by atoms with Crippen molar-refractivity contribution in [1.82, 2.24) is 15.3 Å². The molecule has 0 aromatic carbocycles. The average molecular weight is 272 g/mol. The van der Waals surface area contributed by atoms with E-state index in [1.165, 1.54) is 4.88 Å². The fourth-order valence-corrected chi connectivity index (χ4v) is 3.05. The average Bonchev–Trinajstić information content (AvgIpc) is 2.80. The third-order valence-corrected chi connectivity index (χ3v) is 3.92. The second-order valence-corrected chi connectivity index (χ2v) is 4.63. The van der Waals surface area contributed by atoms with Crippen molar-refractivity contribution in [3.05, 3.63) is 39.0 Å². The van der Waals surface area contributed by atoms with Crippen molar-refractivity contribution in [2.45, 2.75) is 6.04 Å². The Morgan fingerprint density at radius 1 is 1.64 bits per heavy atom. The van der Waals surface area contributed by atoms with Crippen LogP contribution in [-0.2, 0) is 0 Å². The molecular formula is C9H10BrN3S. The first kappa shape index (κ1) is 9.89. The van der Waals surface area contributed by atoms with E-state index >= 15 is 0 Å². The summed E-state index contributed by atoms with van der Waals surface area (Å²) in [6, 6.07) is 2.19. The van der Waals surface area contributed by atoms with Gasteiger partial charge in [0.25, 0.3) is 0 Å². The van der Waals surface area contributed by atoms with Crippen molar-refractivity contribution in [3.63, 3.8) is 0 Å². The van der Waals surface area contributed by atoms with Crippen molar-refractivity contribution < 1.29 is 0 Å². The fraction of sp³-hybridized carbons (Fsp3) is 0.222. The lowest BCUT2D eigenvalue weighted by Crippen LogP contribution is -2.18. The van der Waals surface area contributed by atoms with Gasteiger partial charge in [-0.3, -0.25) is 0 Å². The Labute approximate surface area is 94.7 Å². The third-order valence-electron chi connectivity index (χ3n) is 1.99. The van der Waals surface area contributed by atoms with Crippen LogP contribution in [0.4, 0.5) is 0 Å². The van der Waals surface area contributed by atoms with E-state index in [-0.39, 0.29) is 6.04 Å². The van der Waals surface area contributed by atoms with Gasteiger partial charge in [0.2, 0.25) is 0 Å². The summed E-state index contributed by atoms with van der Waals surface area (Å²) in [7, 11) is 1.93. The molecule has 0 aliphatic carbocycles. The molecule has 0 aliphatic heterocycles. The van der Waals surface area contributed by atoms with Crippen LogP contribution in [0.5, 0.6) is 0 Å². The quantitative estimate of drug-likeness (QED) is 0.901. The number of thiophene rings is 1. The maximum absolute atomic E-state index is 4.25. The molecule has 3 nitrogen and oxygen atoms in total. The van der Waals surface area contributed by atoms with Crippen molar-refractivity contribution in [1.29, 1.82) is 0 Å². The molecule has 0 fully saturated rings. The molecule has 2 aromatic heterocycles. The highest BCUT2D eigenvalue weighted by atomic mass is 79.9. The highest BCUT2D eigenvalue weighted by molar-refractivity contribution is 9.10. The van der Waals surface area contributed by atoms with Crippen LogP contribution in [0.1, 0.15) is 16.7 Å². The van der Waals surface area contributed by atoms with Crippen molar-refractivity contribution in [2.24, 2.45) is 0 Å². The highest BCUT2D eigenvalue weighted by Gasteiger charge is 2.17. The fourth-order valence-electron chi connectivity index (χ4n) is 1.34. The molecule has 0 amide bonds. The second kappa shape index (κ2) is 4.25. The number of halogens is 1. The van der Waals surface area contributed by atoms with Gasteiger partial charge < -0.3 is 10.3 Å². The molecule has 1 unspecified atom stereocenters. The Bertz CT molecular complexity index is 396. The maximum Gasteiger partial charge on any atom is 0.128 e. The predicted octanol–water partition coefficient (Wildman–Crippen LogP) is 2.54. The summed E-state index contributed by atoms with van der Waals surface area (Å²) in [6.45, 7) is 0. The number of H-pyrrole nitrogens is 1. The van der Waals surface area contributed by atoms with E-state index in [0.717, 1.165) is 10.3 Å². The first-order chi connectivity index (χ1) is 6.83. The Kier molecular flexibility index (Phi) is 3.00. The van der Waals surface area contributed by atoms with E-state index in [4.69, 9.17) is 0 Å². The highest BCUT2D eigenvalue weighted by Crippen LogP contribution is 2.31. The lowest BCUT2D eigenvalue weighted by molar-refractivity contribution is 0.664. The molecule has 0 saturated carbocycles. The van der Waals surface area contributed by atoms with Gasteiger partial charge in [-0.15, -0.1) is 11.3 Å². The van der Waals surface area contributed by atoms with Gasteiger partial charge in [0.15, 0.2) is 0 Å². The van der Waals surface area contributed by atoms with Crippen LogP contribution >= 0.6 is 27.3 Å². The minimum Gasteiger partial charge on any atom is -0.347 e. The third kappa shape index (κ3) is 1.75. The lowest BCUT2D eigenvalue weighted by Gasteiger charge is -2.12. The number of hydrogen-bond acceptors (Lipinski definition) is 3. The maximum atomic E-state index is 4.25. The number of aromatic nitrogens is 2. The minimum absolute atomic E-state index is 0.138. The van der Waals surface area contributed by atoms with E-state index in [0.29, 0.717) is 0 Å². The van der Waals surface area contributed by atoms with Crippen molar-refractivity contribution in [3.8, 4) is 0 Å². The van der Waals surface area contributed by atoms with E-state index in [1.807, 2.05) is 19.3 Å². The Balaban J connectivity index is 2.36. The number of imidazole rings is 1. The first-order valence-corrected chi connectivity index (χ1v) is 5.89. The van der Waals surface area contributed by atoms with Gasteiger partial charge in [-0.05, 0) is 34.4 Å². The molecule has 0 spiro atoms. The summed E-state index contributed by atoms with van der Waals surface area (Å²) in [6.07, 6.45) is 3.60. The molecule has 0 bridgehead atoms. The van der Waals surface area contributed by atoms with Crippen LogP contribution in [0.25, 0.3) is 0 Å². The lowest BCUT2D eigenvalue weighted by atomic mass is 10.2. The molecule has 0 saturated heterocycles. The molecule has 2 rings (SSSR count). The summed E-state index contributed by atoms with van der Waals surface area (Å²) >= 11 is 5.23. The Morgan fingerprint density at radius 3 is 3.00 bits per heavy atom. The van der Waals surface area contributed by atoms with Crippen LogP contribution in [0, 0.1) is 0 Å². The van der Waals surface area contributed by atoms with Crippen LogP contribution < -0.4 is 5.32 Å². The summed E-state index contributed by atoms with van der Waals surface area (Å²) in [5.41, 5.74) is 0. The zero-order chi connectivity index (χ0) is 9.97. The normalized spacial score (nSPS) is 13.0. The minimum atomic E-state index is 0.138. The predicted molar refractivity (Wildman–Crippen MR) is 61.5 cm³/mol. The zero-order valence-corrected chi connectivity index (χ0v) is 10.0. The number of hydrogen-bond donors (Lipinski definition) is 2. The number of nitrogens with one attached hydrogen (secondary N) is 2. The SMILES string of the molecule is CNC(c1ncc[nH]1)c1sccc1Br. The van der Waals surface area contributed by atoms with E-state index < -0.39 is 0 Å². The number of nitrogens with zero attached hydrogens (tertiary/aromatic N) is 1. The monoisotopic (exact) mass is 271 g/mol. The Hall–Kier alpha value is -0.650. The largest absolute Gasteiger partial charge is 0.347 e. The standard InChI is InChI=1S/C9H10BrN3S/c1-11-7(9-12-3-4-13-9)8-6(10)2-5-14-8/h2-5,7,11H,1H3,(H,12,13). The molecule has 0 aliphatic rings. The molecule has 2 aromatic rings. The number of aromatic amines is 1. The van der Waals surface area contributed by atoms with Crippen LogP contribution in [0.15, 0.2) is 28.3 Å². The van der Waals surface area contributed by atoms with Crippen molar-refractivity contribution >= 4 is 27.3 Å². The van der Waals surface area contributed by atoms with E-state index in [2.05, 4.69) is 36.6 Å².